The van der Waals surface area contributed by atoms with Crippen LogP contribution in [-0.4, -0.2) is 22.5 Å². The number of halogens is 3. The largest absolute Gasteiger partial charge is 0.508 e. The Kier molecular flexibility index (Phi) is 4.69. The number of benzene rings is 2. The van der Waals surface area contributed by atoms with Gasteiger partial charge in [-0.05, 0) is 60.7 Å². The number of nitrogens with zero attached hydrogens (tertiary/aromatic N) is 1. The lowest BCUT2D eigenvalue weighted by molar-refractivity contribution is -0.137. The number of likely N-dealkylation sites (tertiary alicyclic amines) is 1. The molecule has 4 nitrogen and oxygen atoms in total. The Morgan fingerprint density at radius 3 is 2.64 bits per heavy atom. The van der Waals surface area contributed by atoms with Crippen LogP contribution in [0.25, 0.3) is 0 Å². The van der Waals surface area contributed by atoms with E-state index in [1.807, 2.05) is 6.07 Å². The van der Waals surface area contributed by atoms with Crippen molar-refractivity contribution >= 4 is 11.6 Å². The predicted octanol–water partition coefficient (Wildman–Crippen LogP) is 5.02. The van der Waals surface area contributed by atoms with E-state index in [1.165, 1.54) is 6.07 Å². The molecular weight excluding hydrogens is 369 g/mol. The summed E-state index contributed by atoms with van der Waals surface area (Å²) in [5.41, 5.74) is 1.22. The van der Waals surface area contributed by atoms with Crippen molar-refractivity contribution in [2.45, 2.75) is 43.9 Å². The molecule has 1 amide bonds. The maximum Gasteiger partial charge on any atom is 0.416 e. The number of fused-ring (bicyclic) bond motifs is 1. The molecule has 2 aliphatic rings. The molecule has 2 aromatic rings. The van der Waals surface area contributed by atoms with E-state index in [1.54, 1.807) is 23.1 Å². The van der Waals surface area contributed by atoms with Gasteiger partial charge in [-0.15, -0.1) is 0 Å². The molecule has 2 N–H and O–H groups in total. The van der Waals surface area contributed by atoms with Gasteiger partial charge in [0.05, 0.1) is 17.6 Å². The normalized spacial score (nSPS) is 22.5. The fourth-order valence-electron chi connectivity index (χ4n) is 4.16. The minimum atomic E-state index is -4.44. The molecule has 0 aromatic heterocycles. The summed E-state index contributed by atoms with van der Waals surface area (Å²) >= 11 is 0. The number of phenols is 1. The van der Waals surface area contributed by atoms with Crippen LogP contribution in [0.5, 0.6) is 5.75 Å². The van der Waals surface area contributed by atoms with Crippen molar-refractivity contribution in [3.05, 3.63) is 59.2 Å². The van der Waals surface area contributed by atoms with Crippen LogP contribution in [0.2, 0.25) is 0 Å². The van der Waals surface area contributed by atoms with Crippen LogP contribution in [0.4, 0.5) is 18.9 Å². The number of hydrogen-bond donors (Lipinski definition) is 2. The Balaban J connectivity index is 1.76. The molecule has 7 heteroatoms. The van der Waals surface area contributed by atoms with Crippen LogP contribution >= 0.6 is 0 Å². The number of amides is 1. The molecule has 0 spiro atoms. The van der Waals surface area contributed by atoms with Gasteiger partial charge in [-0.1, -0.05) is 12.1 Å². The maximum absolute atomic E-state index is 13.3. The van der Waals surface area contributed by atoms with Crippen molar-refractivity contribution in [2.75, 3.05) is 11.9 Å². The van der Waals surface area contributed by atoms with Crippen LogP contribution < -0.4 is 5.32 Å². The lowest BCUT2D eigenvalue weighted by Gasteiger charge is -2.41. The average Bonchev–Trinajstić information content (AvgIpc) is 2.66. The molecule has 28 heavy (non-hydrogen) atoms. The number of alkyl halides is 3. The summed E-state index contributed by atoms with van der Waals surface area (Å²) in [5.74, 6) is 0.110. The van der Waals surface area contributed by atoms with E-state index in [-0.39, 0.29) is 17.7 Å². The standard InChI is InChI=1S/C21H21F3N2O2/c22-21(23,24)14-7-8-17-16(11-14)19(26-9-2-1-6-20(26)28)12-18(25-17)13-4-3-5-15(27)10-13/h3-5,7-8,10-11,18-19,25,27H,1-2,6,9,12H2. The number of phenolic OH excluding ortho intramolecular Hbond substituents is 1. The summed E-state index contributed by atoms with van der Waals surface area (Å²) in [6.07, 6.45) is -1.90. The molecule has 0 radical (unpaired) electrons. The Labute approximate surface area is 161 Å². The zero-order valence-electron chi connectivity index (χ0n) is 15.2. The molecule has 148 valence electrons. The van der Waals surface area contributed by atoms with Gasteiger partial charge in [0.25, 0.3) is 0 Å². The van der Waals surface area contributed by atoms with Crippen molar-refractivity contribution in [1.82, 2.24) is 4.90 Å². The summed E-state index contributed by atoms with van der Waals surface area (Å²) in [6, 6.07) is 9.82. The minimum Gasteiger partial charge on any atom is -0.508 e. The number of aromatic hydroxyl groups is 1. The molecule has 0 bridgehead atoms. The van der Waals surface area contributed by atoms with Gasteiger partial charge >= 0.3 is 6.18 Å². The second-order valence-electron chi connectivity index (χ2n) is 7.39. The van der Waals surface area contributed by atoms with E-state index in [4.69, 9.17) is 0 Å². The van der Waals surface area contributed by atoms with E-state index in [9.17, 15) is 23.1 Å². The van der Waals surface area contributed by atoms with Gasteiger partial charge in [-0.3, -0.25) is 4.79 Å². The van der Waals surface area contributed by atoms with E-state index in [2.05, 4.69) is 5.32 Å². The first-order valence-electron chi connectivity index (χ1n) is 9.39. The van der Waals surface area contributed by atoms with Crippen molar-refractivity contribution in [3.63, 3.8) is 0 Å². The first kappa shape index (κ1) is 18.7. The van der Waals surface area contributed by atoms with Crippen LogP contribution in [0.3, 0.4) is 0 Å². The Morgan fingerprint density at radius 2 is 1.93 bits per heavy atom. The number of hydrogen-bond acceptors (Lipinski definition) is 3. The highest BCUT2D eigenvalue weighted by Crippen LogP contribution is 2.45. The van der Waals surface area contributed by atoms with Crippen molar-refractivity contribution < 1.29 is 23.1 Å². The third-order valence-corrected chi connectivity index (χ3v) is 5.54. The van der Waals surface area contributed by atoms with Gasteiger partial charge in [0.2, 0.25) is 5.91 Å². The number of anilines is 1. The maximum atomic E-state index is 13.3. The minimum absolute atomic E-state index is 0.0174. The summed E-state index contributed by atoms with van der Waals surface area (Å²) in [4.78, 5) is 14.2. The van der Waals surface area contributed by atoms with Crippen LogP contribution in [0.1, 0.15) is 54.5 Å². The molecule has 1 saturated heterocycles. The van der Waals surface area contributed by atoms with Crippen LogP contribution in [-0.2, 0) is 11.0 Å². The zero-order chi connectivity index (χ0) is 19.9. The van der Waals surface area contributed by atoms with E-state index >= 15 is 0 Å². The molecule has 4 rings (SSSR count). The summed E-state index contributed by atoms with van der Waals surface area (Å²) in [5, 5.41) is 13.1. The fraction of sp³-hybridized carbons (Fsp3) is 0.381. The van der Waals surface area contributed by atoms with Gasteiger partial charge in [0.1, 0.15) is 5.75 Å². The first-order chi connectivity index (χ1) is 13.3. The van der Waals surface area contributed by atoms with Crippen molar-refractivity contribution in [3.8, 4) is 5.75 Å². The number of carbonyl (C=O) groups excluding carboxylic acids is 1. The molecule has 0 saturated carbocycles. The topological polar surface area (TPSA) is 52.6 Å². The second-order valence-corrected chi connectivity index (χ2v) is 7.39. The quantitative estimate of drug-likeness (QED) is 0.757. The predicted molar refractivity (Wildman–Crippen MR) is 98.8 cm³/mol. The van der Waals surface area contributed by atoms with Crippen LogP contribution in [0, 0.1) is 0 Å². The summed E-state index contributed by atoms with van der Waals surface area (Å²) < 4.78 is 39.8. The molecule has 2 atom stereocenters. The number of nitrogens with one attached hydrogen (secondary N) is 1. The Bertz CT molecular complexity index is 897. The lowest BCUT2D eigenvalue weighted by atomic mass is 9.86. The third-order valence-electron chi connectivity index (χ3n) is 5.54. The van der Waals surface area contributed by atoms with E-state index in [0.717, 1.165) is 30.5 Å². The smallest absolute Gasteiger partial charge is 0.416 e. The lowest BCUT2D eigenvalue weighted by Crippen LogP contribution is -2.41. The van der Waals surface area contributed by atoms with Crippen LogP contribution in [0.15, 0.2) is 42.5 Å². The molecule has 2 aliphatic heterocycles. The highest BCUT2D eigenvalue weighted by Gasteiger charge is 2.38. The first-order valence-corrected chi connectivity index (χ1v) is 9.39. The van der Waals surface area contributed by atoms with Crippen molar-refractivity contribution in [1.29, 1.82) is 0 Å². The molecule has 2 aromatic carbocycles. The second kappa shape index (κ2) is 7.04. The summed E-state index contributed by atoms with van der Waals surface area (Å²) in [6.45, 7) is 0.548. The van der Waals surface area contributed by atoms with E-state index in [0.29, 0.717) is 30.6 Å². The zero-order valence-corrected chi connectivity index (χ0v) is 15.2. The average molecular weight is 390 g/mol. The Hall–Kier alpha value is -2.70. The number of piperidine rings is 1. The van der Waals surface area contributed by atoms with Gasteiger partial charge in [-0.2, -0.15) is 13.2 Å². The van der Waals surface area contributed by atoms with Gasteiger partial charge in [0, 0.05) is 18.7 Å². The molecule has 1 fully saturated rings. The molecule has 0 aliphatic carbocycles. The molecular formula is C21H21F3N2O2. The monoisotopic (exact) mass is 390 g/mol. The molecule has 2 heterocycles. The summed E-state index contributed by atoms with van der Waals surface area (Å²) in [7, 11) is 0. The fourth-order valence-corrected chi connectivity index (χ4v) is 4.16. The van der Waals surface area contributed by atoms with Gasteiger partial charge in [0.15, 0.2) is 0 Å². The Morgan fingerprint density at radius 1 is 1.11 bits per heavy atom. The highest BCUT2D eigenvalue weighted by atomic mass is 19.4. The van der Waals surface area contributed by atoms with Gasteiger partial charge in [-0.25, -0.2) is 0 Å². The highest BCUT2D eigenvalue weighted by molar-refractivity contribution is 5.78. The third kappa shape index (κ3) is 3.53. The van der Waals surface area contributed by atoms with Gasteiger partial charge < -0.3 is 15.3 Å². The molecule has 2 unspecified atom stereocenters. The SMILES string of the molecule is O=C1CCCCN1C1CC(c2cccc(O)c2)Nc2ccc(C(F)(F)F)cc21. The number of carbonyl (C=O) groups is 1. The van der Waals surface area contributed by atoms with E-state index < -0.39 is 17.8 Å². The number of rotatable bonds is 2. The van der Waals surface area contributed by atoms with Crippen molar-refractivity contribution in [2.24, 2.45) is 0 Å².